The molecule has 0 unspecified atom stereocenters. The Morgan fingerprint density at radius 3 is 2.62 bits per heavy atom. The first-order valence-corrected chi connectivity index (χ1v) is 11.8. The van der Waals surface area contributed by atoms with E-state index >= 15 is 0 Å². The summed E-state index contributed by atoms with van der Waals surface area (Å²) in [5, 5.41) is 9.30. The van der Waals surface area contributed by atoms with E-state index < -0.39 is 0 Å². The van der Waals surface area contributed by atoms with Crippen LogP contribution in [0.4, 0.5) is 11.4 Å². The van der Waals surface area contributed by atoms with Gasteiger partial charge in [-0.2, -0.15) is 0 Å². The summed E-state index contributed by atoms with van der Waals surface area (Å²) in [6, 6.07) is 17.9. The van der Waals surface area contributed by atoms with E-state index in [2.05, 4.69) is 28.1 Å². The molecule has 2 N–H and O–H groups in total. The lowest BCUT2D eigenvalue weighted by Gasteiger charge is -2.29. The summed E-state index contributed by atoms with van der Waals surface area (Å²) in [5.41, 5.74) is 4.74. The number of anilines is 2. The smallest absolute Gasteiger partial charge is 0.163 e. The zero-order chi connectivity index (χ0) is 22.1. The number of ketones is 1. The van der Waals surface area contributed by atoms with Gasteiger partial charge >= 0.3 is 0 Å². The molecular formula is C26H26N2O3S. The number of methoxy groups -OCH3 is 1. The summed E-state index contributed by atoms with van der Waals surface area (Å²) in [7, 11) is 1.64. The first-order chi connectivity index (χ1) is 15.7. The molecular weight excluding hydrogens is 420 g/mol. The number of rotatable bonds is 5. The number of allylic oxidation sites excluding steroid dienone is 1. The van der Waals surface area contributed by atoms with Crippen LogP contribution in [0.3, 0.4) is 0 Å². The second-order valence-corrected chi connectivity index (χ2v) is 9.01. The SMILES string of the molecule is CCOc1cc([C@@H]2Nc3ccccc3NC3=C2C(=O)C[C@@H](c2cccs2)C3)ccc1OC. The van der Waals surface area contributed by atoms with Crippen LogP contribution in [0.5, 0.6) is 11.5 Å². The fourth-order valence-electron chi connectivity index (χ4n) is 4.61. The van der Waals surface area contributed by atoms with E-state index in [4.69, 9.17) is 9.47 Å². The van der Waals surface area contributed by atoms with Crippen LogP contribution >= 0.6 is 11.3 Å². The summed E-state index contributed by atoms with van der Waals surface area (Å²) in [6.45, 7) is 2.49. The summed E-state index contributed by atoms with van der Waals surface area (Å²) in [5.74, 6) is 1.75. The number of carbonyl (C=O) groups is 1. The fourth-order valence-corrected chi connectivity index (χ4v) is 5.44. The standard InChI is InChI=1S/C26H26N2O3S/c1-3-31-23-15-16(10-11-22(23)30-2)26-25-20(27-18-7-4-5-8-19(18)28-26)13-17(14-21(25)29)24-9-6-12-32-24/h4-12,15,17,26-28H,3,13-14H2,1-2H3/t17-,26-/m0/s1. The Morgan fingerprint density at radius 2 is 1.88 bits per heavy atom. The summed E-state index contributed by atoms with van der Waals surface area (Å²) in [4.78, 5) is 14.8. The molecule has 0 radical (unpaired) electrons. The molecule has 32 heavy (non-hydrogen) atoms. The topological polar surface area (TPSA) is 59.6 Å². The van der Waals surface area contributed by atoms with Gasteiger partial charge in [-0.15, -0.1) is 11.3 Å². The average molecular weight is 447 g/mol. The van der Waals surface area contributed by atoms with Gasteiger partial charge in [-0.1, -0.05) is 24.3 Å². The van der Waals surface area contributed by atoms with E-state index in [9.17, 15) is 4.79 Å². The number of hydrogen-bond donors (Lipinski definition) is 2. The highest BCUT2D eigenvalue weighted by molar-refractivity contribution is 7.10. The number of nitrogens with one attached hydrogen (secondary N) is 2. The summed E-state index contributed by atoms with van der Waals surface area (Å²) < 4.78 is 11.3. The largest absolute Gasteiger partial charge is 0.493 e. The molecule has 5 rings (SSSR count). The molecule has 5 nitrogen and oxygen atoms in total. The molecule has 2 aliphatic rings. The second-order valence-electron chi connectivity index (χ2n) is 8.03. The van der Waals surface area contributed by atoms with Gasteiger partial charge in [-0.25, -0.2) is 0 Å². The molecule has 0 amide bonds. The van der Waals surface area contributed by atoms with Crippen LogP contribution in [-0.4, -0.2) is 19.5 Å². The second kappa shape index (κ2) is 8.71. The Kier molecular flexibility index (Phi) is 5.62. The number of ether oxygens (including phenoxy) is 2. The molecule has 2 aromatic carbocycles. The molecule has 2 heterocycles. The van der Waals surface area contributed by atoms with Crippen LogP contribution in [0.25, 0.3) is 0 Å². The van der Waals surface area contributed by atoms with E-state index in [-0.39, 0.29) is 17.7 Å². The Morgan fingerprint density at radius 1 is 1.03 bits per heavy atom. The van der Waals surface area contributed by atoms with E-state index in [1.807, 2.05) is 49.4 Å². The Balaban J connectivity index is 1.62. The molecule has 0 saturated heterocycles. The quantitative estimate of drug-likeness (QED) is 0.493. The Labute approximate surface area is 192 Å². The predicted molar refractivity (Wildman–Crippen MR) is 129 cm³/mol. The lowest BCUT2D eigenvalue weighted by molar-refractivity contribution is -0.116. The maximum atomic E-state index is 13.6. The Bertz CT molecular complexity index is 1170. The van der Waals surface area contributed by atoms with Crippen molar-refractivity contribution >= 4 is 28.5 Å². The van der Waals surface area contributed by atoms with Crippen molar-refractivity contribution in [1.29, 1.82) is 0 Å². The van der Waals surface area contributed by atoms with Crippen molar-refractivity contribution in [2.75, 3.05) is 24.4 Å². The van der Waals surface area contributed by atoms with Crippen molar-refractivity contribution in [3.63, 3.8) is 0 Å². The molecule has 164 valence electrons. The minimum absolute atomic E-state index is 0.177. The number of carbonyl (C=O) groups excluding carboxylic acids is 1. The molecule has 1 aliphatic carbocycles. The van der Waals surface area contributed by atoms with Gasteiger partial charge < -0.3 is 20.1 Å². The van der Waals surface area contributed by atoms with Crippen LogP contribution in [0, 0.1) is 0 Å². The molecule has 1 aliphatic heterocycles. The number of para-hydroxylation sites is 2. The monoisotopic (exact) mass is 446 g/mol. The average Bonchev–Trinajstić information content (AvgIpc) is 3.28. The third-order valence-corrected chi connectivity index (χ3v) is 7.11. The van der Waals surface area contributed by atoms with Gasteiger partial charge in [0.15, 0.2) is 17.3 Å². The highest BCUT2D eigenvalue weighted by Gasteiger charge is 2.36. The molecule has 3 aromatic rings. The number of Topliss-reactive ketones (excluding diaryl/α,β-unsaturated/α-hetero) is 1. The molecule has 2 atom stereocenters. The fraction of sp³-hybridized carbons (Fsp3) is 0.269. The van der Waals surface area contributed by atoms with Crippen LogP contribution in [0.1, 0.15) is 42.2 Å². The van der Waals surface area contributed by atoms with Gasteiger partial charge in [-0.3, -0.25) is 4.79 Å². The Hall–Kier alpha value is -3.25. The normalized spacial score (nSPS) is 19.9. The zero-order valence-corrected chi connectivity index (χ0v) is 19.0. The van der Waals surface area contributed by atoms with Gasteiger partial charge in [0.2, 0.25) is 0 Å². The van der Waals surface area contributed by atoms with Gasteiger partial charge in [0, 0.05) is 28.5 Å². The van der Waals surface area contributed by atoms with Gasteiger partial charge in [0.25, 0.3) is 0 Å². The van der Waals surface area contributed by atoms with Crippen molar-refractivity contribution in [1.82, 2.24) is 0 Å². The maximum Gasteiger partial charge on any atom is 0.163 e. The van der Waals surface area contributed by atoms with E-state index in [0.717, 1.165) is 34.6 Å². The lowest BCUT2D eigenvalue weighted by atomic mass is 9.80. The van der Waals surface area contributed by atoms with Crippen LogP contribution in [0.15, 0.2) is 71.2 Å². The summed E-state index contributed by atoms with van der Waals surface area (Å²) >= 11 is 1.72. The van der Waals surface area contributed by atoms with Gasteiger partial charge in [0.1, 0.15) is 0 Å². The van der Waals surface area contributed by atoms with Crippen LogP contribution in [-0.2, 0) is 4.79 Å². The van der Waals surface area contributed by atoms with Gasteiger partial charge in [0.05, 0.1) is 31.1 Å². The van der Waals surface area contributed by atoms with Crippen molar-refractivity contribution in [3.05, 3.63) is 81.7 Å². The molecule has 0 saturated carbocycles. The molecule has 0 fully saturated rings. The number of thiophene rings is 1. The highest BCUT2D eigenvalue weighted by atomic mass is 32.1. The van der Waals surface area contributed by atoms with Crippen molar-refractivity contribution in [2.24, 2.45) is 0 Å². The predicted octanol–water partition coefficient (Wildman–Crippen LogP) is 6.13. The zero-order valence-electron chi connectivity index (χ0n) is 18.2. The number of hydrogen-bond acceptors (Lipinski definition) is 6. The minimum atomic E-state index is -0.275. The van der Waals surface area contributed by atoms with Crippen LogP contribution < -0.4 is 20.1 Å². The van der Waals surface area contributed by atoms with Crippen molar-refractivity contribution < 1.29 is 14.3 Å². The van der Waals surface area contributed by atoms with E-state index in [0.29, 0.717) is 24.5 Å². The molecule has 6 heteroatoms. The van der Waals surface area contributed by atoms with Crippen molar-refractivity contribution in [2.45, 2.75) is 31.7 Å². The van der Waals surface area contributed by atoms with Gasteiger partial charge in [-0.05, 0) is 54.6 Å². The minimum Gasteiger partial charge on any atom is -0.493 e. The first-order valence-electron chi connectivity index (χ1n) is 10.9. The van der Waals surface area contributed by atoms with E-state index in [1.165, 1.54) is 4.88 Å². The first kappa shape index (κ1) is 20.6. The third-order valence-electron chi connectivity index (χ3n) is 6.08. The summed E-state index contributed by atoms with van der Waals surface area (Å²) in [6.07, 6.45) is 1.33. The maximum absolute atomic E-state index is 13.6. The number of benzene rings is 2. The molecule has 0 spiro atoms. The third kappa shape index (κ3) is 3.75. The van der Waals surface area contributed by atoms with E-state index in [1.54, 1.807) is 18.4 Å². The molecule has 1 aromatic heterocycles. The lowest BCUT2D eigenvalue weighted by Crippen LogP contribution is -2.26. The highest BCUT2D eigenvalue weighted by Crippen LogP contribution is 2.45. The number of fused-ring (bicyclic) bond motifs is 1. The van der Waals surface area contributed by atoms with Crippen LogP contribution in [0.2, 0.25) is 0 Å². The molecule has 0 bridgehead atoms. The van der Waals surface area contributed by atoms with Crippen molar-refractivity contribution in [3.8, 4) is 11.5 Å².